The van der Waals surface area contributed by atoms with E-state index in [-0.39, 0.29) is 12.2 Å². The molecule has 3 heteroatoms. The minimum absolute atomic E-state index is 0.0451. The van der Waals surface area contributed by atoms with Crippen LogP contribution in [0.15, 0.2) is 30.3 Å². The Hall–Kier alpha value is -0.380. The fraction of sp³-hybridized carbons (Fsp3) is 0.600. The number of benzene rings is 1. The average molecular weight is 313 g/mol. The topological polar surface area (TPSA) is 18.5 Å². The molecular weight excluding hydrogens is 292 g/mol. The van der Waals surface area contributed by atoms with Gasteiger partial charge in [0, 0.05) is 11.4 Å². The molecule has 0 bridgehead atoms. The van der Waals surface area contributed by atoms with E-state index in [1.54, 1.807) is 0 Å². The first-order valence-electron chi connectivity index (χ1n) is 6.64. The first-order valence-corrected chi connectivity index (χ1v) is 7.56. The third-order valence-corrected chi connectivity index (χ3v) is 4.74. The number of halogens is 1. The molecule has 1 fully saturated rings. The van der Waals surface area contributed by atoms with Crippen LogP contribution in [0.5, 0.6) is 0 Å². The van der Waals surface area contributed by atoms with E-state index in [0.717, 1.165) is 13.0 Å². The molecular formula is C15H21BrO2. The van der Waals surface area contributed by atoms with Crippen molar-refractivity contribution >= 4 is 15.9 Å². The minimum Gasteiger partial charge on any atom is -0.375 e. The van der Waals surface area contributed by atoms with Crippen LogP contribution in [0.25, 0.3) is 0 Å². The van der Waals surface area contributed by atoms with E-state index < -0.39 is 0 Å². The van der Waals surface area contributed by atoms with Gasteiger partial charge < -0.3 is 9.47 Å². The van der Waals surface area contributed by atoms with Crippen molar-refractivity contribution in [2.45, 2.75) is 37.3 Å². The molecule has 18 heavy (non-hydrogen) atoms. The number of ether oxygens (including phenoxy) is 2. The van der Waals surface area contributed by atoms with Crippen molar-refractivity contribution in [2.24, 2.45) is 5.92 Å². The van der Waals surface area contributed by atoms with E-state index in [4.69, 9.17) is 9.47 Å². The van der Waals surface area contributed by atoms with Gasteiger partial charge in [-0.25, -0.2) is 0 Å². The summed E-state index contributed by atoms with van der Waals surface area (Å²) in [7, 11) is 0. The Morgan fingerprint density at radius 2 is 2.11 bits per heavy atom. The molecule has 0 saturated carbocycles. The third-order valence-electron chi connectivity index (χ3n) is 3.46. The van der Waals surface area contributed by atoms with Crippen LogP contribution in [0.1, 0.15) is 31.9 Å². The normalized spacial score (nSPS) is 30.1. The molecule has 100 valence electrons. The van der Waals surface area contributed by atoms with Crippen molar-refractivity contribution in [3.8, 4) is 0 Å². The SMILES string of the molecule is CCOC(c1ccccc1)C1CC(Br)C(C)CO1. The molecule has 1 aliphatic rings. The van der Waals surface area contributed by atoms with E-state index in [1.165, 1.54) is 5.56 Å². The lowest BCUT2D eigenvalue weighted by Crippen LogP contribution is -2.37. The maximum Gasteiger partial charge on any atom is 0.109 e. The summed E-state index contributed by atoms with van der Waals surface area (Å²) in [4.78, 5) is 0.517. The van der Waals surface area contributed by atoms with Crippen LogP contribution in [0, 0.1) is 5.92 Å². The highest BCUT2D eigenvalue weighted by Crippen LogP contribution is 2.34. The standard InChI is InChI=1S/C15H21BrO2/c1-3-17-15(12-7-5-4-6-8-12)14-9-13(16)11(2)10-18-14/h4-8,11,13-15H,3,9-10H2,1-2H3. The van der Waals surface area contributed by atoms with Gasteiger partial charge in [-0.05, 0) is 24.8 Å². The Kier molecular flexibility index (Phi) is 5.22. The summed E-state index contributed by atoms with van der Waals surface area (Å²) in [6.07, 6.45) is 1.19. The van der Waals surface area contributed by atoms with Gasteiger partial charge >= 0.3 is 0 Å². The number of alkyl halides is 1. The summed E-state index contributed by atoms with van der Waals surface area (Å²) in [5.74, 6) is 0.569. The van der Waals surface area contributed by atoms with Crippen molar-refractivity contribution in [1.82, 2.24) is 0 Å². The van der Waals surface area contributed by atoms with Gasteiger partial charge in [-0.15, -0.1) is 0 Å². The van der Waals surface area contributed by atoms with Crippen molar-refractivity contribution in [2.75, 3.05) is 13.2 Å². The Morgan fingerprint density at radius 1 is 1.39 bits per heavy atom. The first-order chi connectivity index (χ1) is 8.72. The summed E-state index contributed by atoms with van der Waals surface area (Å²) < 4.78 is 11.9. The molecule has 0 N–H and O–H groups in total. The zero-order valence-electron chi connectivity index (χ0n) is 11.0. The monoisotopic (exact) mass is 312 g/mol. The smallest absolute Gasteiger partial charge is 0.109 e. The van der Waals surface area contributed by atoms with Crippen molar-refractivity contribution in [3.63, 3.8) is 0 Å². The highest BCUT2D eigenvalue weighted by atomic mass is 79.9. The Labute approximate surface area is 118 Å². The summed E-state index contributed by atoms with van der Waals surface area (Å²) in [5.41, 5.74) is 1.21. The fourth-order valence-electron chi connectivity index (χ4n) is 2.35. The van der Waals surface area contributed by atoms with Crippen LogP contribution >= 0.6 is 15.9 Å². The molecule has 0 aromatic heterocycles. The molecule has 4 unspecified atom stereocenters. The van der Waals surface area contributed by atoms with Crippen molar-refractivity contribution in [1.29, 1.82) is 0 Å². The second kappa shape index (κ2) is 6.69. The molecule has 1 saturated heterocycles. The molecule has 1 aromatic rings. The molecule has 0 aliphatic carbocycles. The second-order valence-corrected chi connectivity index (χ2v) is 6.06. The third kappa shape index (κ3) is 3.34. The summed E-state index contributed by atoms with van der Waals surface area (Å²) >= 11 is 3.75. The van der Waals surface area contributed by atoms with E-state index in [2.05, 4.69) is 47.1 Å². The minimum atomic E-state index is 0.0451. The van der Waals surface area contributed by atoms with Gasteiger partial charge in [-0.3, -0.25) is 0 Å². The highest BCUT2D eigenvalue weighted by Gasteiger charge is 2.33. The van der Waals surface area contributed by atoms with Crippen LogP contribution in [-0.4, -0.2) is 24.1 Å². The summed E-state index contributed by atoms with van der Waals surface area (Å²) in [5, 5.41) is 0. The van der Waals surface area contributed by atoms with Crippen molar-refractivity contribution in [3.05, 3.63) is 35.9 Å². The van der Waals surface area contributed by atoms with Crippen LogP contribution < -0.4 is 0 Å². The predicted molar refractivity (Wildman–Crippen MR) is 77.0 cm³/mol. The van der Waals surface area contributed by atoms with E-state index >= 15 is 0 Å². The Morgan fingerprint density at radius 3 is 2.72 bits per heavy atom. The second-order valence-electron chi connectivity index (χ2n) is 4.89. The lowest BCUT2D eigenvalue weighted by molar-refractivity contribution is -0.101. The van der Waals surface area contributed by atoms with Gasteiger partial charge in [-0.1, -0.05) is 53.2 Å². The van der Waals surface area contributed by atoms with Gasteiger partial charge in [0.05, 0.1) is 12.7 Å². The molecule has 0 radical (unpaired) electrons. The van der Waals surface area contributed by atoms with Gasteiger partial charge in [0.15, 0.2) is 0 Å². The zero-order chi connectivity index (χ0) is 13.0. The van der Waals surface area contributed by atoms with Crippen molar-refractivity contribution < 1.29 is 9.47 Å². The van der Waals surface area contributed by atoms with Crippen LogP contribution in [0.2, 0.25) is 0 Å². The van der Waals surface area contributed by atoms with Gasteiger partial charge in [-0.2, -0.15) is 0 Å². The molecule has 1 aliphatic heterocycles. The van der Waals surface area contributed by atoms with Gasteiger partial charge in [0.2, 0.25) is 0 Å². The van der Waals surface area contributed by atoms with E-state index in [1.807, 2.05) is 13.0 Å². The molecule has 2 rings (SSSR count). The molecule has 0 spiro atoms. The largest absolute Gasteiger partial charge is 0.375 e. The Balaban J connectivity index is 2.11. The first kappa shape index (κ1) is 14.0. The molecule has 2 nitrogen and oxygen atoms in total. The quantitative estimate of drug-likeness (QED) is 0.784. The molecule has 1 heterocycles. The fourth-order valence-corrected chi connectivity index (χ4v) is 2.87. The van der Waals surface area contributed by atoms with Gasteiger partial charge in [0.1, 0.15) is 6.10 Å². The van der Waals surface area contributed by atoms with Crippen LogP contribution in [-0.2, 0) is 9.47 Å². The maximum atomic E-state index is 5.97. The molecule has 4 atom stereocenters. The number of rotatable bonds is 4. The summed E-state index contributed by atoms with van der Waals surface area (Å²) in [6.45, 7) is 5.76. The Bertz CT molecular complexity index is 355. The van der Waals surface area contributed by atoms with Crippen LogP contribution in [0.4, 0.5) is 0 Å². The molecule has 0 amide bonds. The summed E-state index contributed by atoms with van der Waals surface area (Å²) in [6, 6.07) is 10.4. The highest BCUT2D eigenvalue weighted by molar-refractivity contribution is 9.09. The lowest BCUT2D eigenvalue weighted by atomic mass is 9.94. The number of hydrogen-bond donors (Lipinski definition) is 0. The molecule has 1 aromatic carbocycles. The van der Waals surface area contributed by atoms with E-state index in [9.17, 15) is 0 Å². The number of hydrogen-bond acceptors (Lipinski definition) is 2. The average Bonchev–Trinajstić information content (AvgIpc) is 2.40. The van der Waals surface area contributed by atoms with E-state index in [0.29, 0.717) is 17.4 Å². The van der Waals surface area contributed by atoms with Gasteiger partial charge in [0.25, 0.3) is 0 Å². The van der Waals surface area contributed by atoms with Crippen LogP contribution in [0.3, 0.4) is 0 Å². The maximum absolute atomic E-state index is 5.97. The zero-order valence-corrected chi connectivity index (χ0v) is 12.6. The lowest BCUT2D eigenvalue weighted by Gasteiger charge is -2.36. The predicted octanol–water partition coefficient (Wildman–Crippen LogP) is 3.95.